The van der Waals surface area contributed by atoms with Crippen LogP contribution in [0.4, 0.5) is 0 Å². The number of rotatable bonds is 5. The van der Waals surface area contributed by atoms with Gasteiger partial charge in [-0.25, -0.2) is 0 Å². The minimum atomic E-state index is -0.223. The number of benzene rings is 1. The topological polar surface area (TPSA) is 65.5 Å². The normalized spacial score (nSPS) is 16.9. The van der Waals surface area contributed by atoms with Crippen molar-refractivity contribution in [2.75, 3.05) is 20.1 Å². The lowest BCUT2D eigenvalue weighted by atomic mass is 9.64. The molecule has 0 unspecified atom stereocenters. The minimum absolute atomic E-state index is 0.0353. The number of nitrogens with zero attached hydrogens (tertiary/aromatic N) is 1. The standard InChI is InChI=1S/C19H30N4O/c1-18(2,3)23-16(24)13-21-17(20-4)22-14-19(11-8-12-19)15-9-6-5-7-10-15/h5-7,9-10H,8,11-14H2,1-4H3,(H,23,24)(H2,20,21,22). The molecule has 1 fully saturated rings. The predicted molar refractivity (Wildman–Crippen MR) is 99.2 cm³/mol. The van der Waals surface area contributed by atoms with Crippen molar-refractivity contribution in [3.63, 3.8) is 0 Å². The number of carbonyl (C=O) groups excluding carboxylic acids is 1. The van der Waals surface area contributed by atoms with Crippen LogP contribution >= 0.6 is 0 Å². The molecule has 1 aromatic rings. The number of aliphatic imine (C=N–C) groups is 1. The maximum Gasteiger partial charge on any atom is 0.239 e. The van der Waals surface area contributed by atoms with Crippen LogP contribution in [0.1, 0.15) is 45.6 Å². The van der Waals surface area contributed by atoms with Gasteiger partial charge >= 0.3 is 0 Å². The number of nitrogens with one attached hydrogen (secondary N) is 3. The average molecular weight is 330 g/mol. The van der Waals surface area contributed by atoms with Crippen molar-refractivity contribution in [2.45, 2.75) is 51.0 Å². The first kappa shape index (κ1) is 18.3. The van der Waals surface area contributed by atoms with Crippen molar-refractivity contribution in [1.82, 2.24) is 16.0 Å². The maximum atomic E-state index is 11.9. The molecule has 0 saturated heterocycles. The summed E-state index contributed by atoms with van der Waals surface area (Å²) in [7, 11) is 1.73. The summed E-state index contributed by atoms with van der Waals surface area (Å²) in [5, 5.41) is 9.41. The van der Waals surface area contributed by atoms with E-state index in [-0.39, 0.29) is 23.4 Å². The highest BCUT2D eigenvalue weighted by atomic mass is 16.2. The fourth-order valence-corrected chi connectivity index (χ4v) is 3.06. The third kappa shape index (κ3) is 4.98. The van der Waals surface area contributed by atoms with E-state index in [4.69, 9.17) is 0 Å². The number of amides is 1. The monoisotopic (exact) mass is 330 g/mol. The Morgan fingerprint density at radius 1 is 1.17 bits per heavy atom. The van der Waals surface area contributed by atoms with Crippen LogP contribution in [0.25, 0.3) is 0 Å². The Hall–Kier alpha value is -2.04. The van der Waals surface area contributed by atoms with Gasteiger partial charge in [-0.15, -0.1) is 0 Å². The van der Waals surface area contributed by atoms with Gasteiger partial charge in [0.1, 0.15) is 0 Å². The average Bonchev–Trinajstić information content (AvgIpc) is 2.48. The summed E-state index contributed by atoms with van der Waals surface area (Å²) < 4.78 is 0. The quantitative estimate of drug-likeness (QED) is 0.573. The van der Waals surface area contributed by atoms with Crippen LogP contribution < -0.4 is 16.0 Å². The Kier molecular flexibility index (Phi) is 5.86. The second-order valence-electron chi connectivity index (χ2n) is 7.58. The first-order valence-corrected chi connectivity index (χ1v) is 8.66. The maximum absolute atomic E-state index is 11.9. The fraction of sp³-hybridized carbons (Fsp3) is 0.579. The van der Waals surface area contributed by atoms with Crippen LogP contribution in [-0.4, -0.2) is 37.5 Å². The molecule has 132 valence electrons. The summed E-state index contributed by atoms with van der Waals surface area (Å²) in [6.45, 7) is 6.96. The highest BCUT2D eigenvalue weighted by molar-refractivity contribution is 5.86. The first-order chi connectivity index (χ1) is 11.3. The Bertz CT molecular complexity index is 571. The molecule has 0 spiro atoms. The zero-order valence-electron chi connectivity index (χ0n) is 15.3. The molecule has 0 bridgehead atoms. The van der Waals surface area contributed by atoms with Gasteiger partial charge in [0.2, 0.25) is 5.91 Å². The molecule has 2 rings (SSSR count). The van der Waals surface area contributed by atoms with Gasteiger partial charge in [0.05, 0.1) is 6.54 Å². The van der Waals surface area contributed by atoms with Crippen LogP contribution in [0.15, 0.2) is 35.3 Å². The van der Waals surface area contributed by atoms with Gasteiger partial charge in [0, 0.05) is 24.5 Å². The lowest BCUT2D eigenvalue weighted by Crippen LogP contribution is -2.51. The van der Waals surface area contributed by atoms with E-state index in [1.807, 2.05) is 20.8 Å². The summed E-state index contributed by atoms with van der Waals surface area (Å²) in [4.78, 5) is 16.1. The van der Waals surface area contributed by atoms with E-state index in [1.165, 1.54) is 24.8 Å². The summed E-state index contributed by atoms with van der Waals surface area (Å²) in [5.74, 6) is 0.633. The molecule has 0 heterocycles. The predicted octanol–water partition coefficient (Wildman–Crippen LogP) is 2.19. The van der Waals surface area contributed by atoms with E-state index in [0.29, 0.717) is 5.96 Å². The highest BCUT2D eigenvalue weighted by Gasteiger charge is 2.38. The Morgan fingerprint density at radius 2 is 1.83 bits per heavy atom. The number of guanidine groups is 1. The molecule has 1 saturated carbocycles. The van der Waals surface area contributed by atoms with Gasteiger partial charge in [-0.1, -0.05) is 36.8 Å². The second-order valence-corrected chi connectivity index (χ2v) is 7.58. The molecular weight excluding hydrogens is 300 g/mol. The van der Waals surface area contributed by atoms with E-state index < -0.39 is 0 Å². The number of hydrogen-bond acceptors (Lipinski definition) is 2. The molecule has 0 aliphatic heterocycles. The Balaban J connectivity index is 1.86. The smallest absolute Gasteiger partial charge is 0.239 e. The SMILES string of the molecule is CN=C(NCC(=O)NC(C)(C)C)NCC1(c2ccccc2)CCC1. The van der Waals surface area contributed by atoms with Crippen molar-refractivity contribution >= 4 is 11.9 Å². The van der Waals surface area contributed by atoms with Gasteiger partial charge in [0.25, 0.3) is 0 Å². The lowest BCUT2D eigenvalue weighted by molar-refractivity contribution is -0.121. The third-order valence-electron chi connectivity index (χ3n) is 4.45. The van der Waals surface area contributed by atoms with E-state index in [2.05, 4.69) is 51.3 Å². The number of hydrogen-bond donors (Lipinski definition) is 3. The van der Waals surface area contributed by atoms with E-state index in [9.17, 15) is 4.79 Å². The summed E-state index contributed by atoms with van der Waals surface area (Å²) in [6.07, 6.45) is 3.63. The van der Waals surface area contributed by atoms with Crippen LogP contribution in [0, 0.1) is 0 Å². The molecule has 0 aromatic heterocycles. The lowest BCUT2D eigenvalue weighted by Gasteiger charge is -2.43. The van der Waals surface area contributed by atoms with E-state index in [0.717, 1.165) is 6.54 Å². The molecule has 5 heteroatoms. The summed E-state index contributed by atoms with van der Waals surface area (Å²) in [5.41, 5.74) is 1.34. The first-order valence-electron chi connectivity index (χ1n) is 8.66. The van der Waals surface area contributed by atoms with Gasteiger partial charge in [0.15, 0.2) is 5.96 Å². The van der Waals surface area contributed by atoms with Crippen molar-refractivity contribution in [2.24, 2.45) is 4.99 Å². The molecule has 1 aliphatic rings. The molecule has 5 nitrogen and oxygen atoms in total. The minimum Gasteiger partial charge on any atom is -0.356 e. The van der Waals surface area contributed by atoms with Crippen molar-refractivity contribution in [1.29, 1.82) is 0 Å². The van der Waals surface area contributed by atoms with Crippen LogP contribution in [0.3, 0.4) is 0 Å². The van der Waals surface area contributed by atoms with Crippen molar-refractivity contribution in [3.8, 4) is 0 Å². The Labute approximate surface area is 145 Å². The van der Waals surface area contributed by atoms with Gasteiger partial charge in [-0.05, 0) is 39.2 Å². The zero-order chi connectivity index (χ0) is 17.6. The zero-order valence-corrected chi connectivity index (χ0v) is 15.3. The molecular formula is C19H30N4O. The highest BCUT2D eigenvalue weighted by Crippen LogP contribution is 2.43. The molecule has 1 aliphatic carbocycles. The summed E-state index contributed by atoms with van der Waals surface area (Å²) in [6, 6.07) is 10.7. The van der Waals surface area contributed by atoms with Crippen LogP contribution in [0.2, 0.25) is 0 Å². The van der Waals surface area contributed by atoms with Crippen molar-refractivity contribution < 1.29 is 4.79 Å². The van der Waals surface area contributed by atoms with Crippen LogP contribution in [0.5, 0.6) is 0 Å². The van der Waals surface area contributed by atoms with Gasteiger partial charge in [-0.3, -0.25) is 9.79 Å². The van der Waals surface area contributed by atoms with E-state index >= 15 is 0 Å². The molecule has 24 heavy (non-hydrogen) atoms. The molecule has 1 amide bonds. The molecule has 0 radical (unpaired) electrons. The largest absolute Gasteiger partial charge is 0.356 e. The molecule has 0 atom stereocenters. The van der Waals surface area contributed by atoms with E-state index in [1.54, 1.807) is 7.05 Å². The third-order valence-corrected chi connectivity index (χ3v) is 4.45. The fourth-order valence-electron chi connectivity index (χ4n) is 3.06. The molecule has 3 N–H and O–H groups in total. The summed E-state index contributed by atoms with van der Waals surface area (Å²) >= 11 is 0. The Morgan fingerprint density at radius 3 is 2.33 bits per heavy atom. The van der Waals surface area contributed by atoms with Crippen LogP contribution in [-0.2, 0) is 10.2 Å². The van der Waals surface area contributed by atoms with Gasteiger partial charge in [-0.2, -0.15) is 0 Å². The van der Waals surface area contributed by atoms with Gasteiger partial charge < -0.3 is 16.0 Å². The molecule has 1 aromatic carbocycles. The number of carbonyl (C=O) groups is 1. The second kappa shape index (κ2) is 7.69. The van der Waals surface area contributed by atoms with Crippen molar-refractivity contribution in [3.05, 3.63) is 35.9 Å².